The molecule has 2 heterocycles. The van der Waals surface area contributed by atoms with Crippen molar-refractivity contribution in [2.45, 2.75) is 26.8 Å². The van der Waals surface area contributed by atoms with Gasteiger partial charge >= 0.3 is 0 Å². The van der Waals surface area contributed by atoms with Crippen molar-refractivity contribution < 1.29 is 0 Å². The Morgan fingerprint density at radius 1 is 1.44 bits per heavy atom. The lowest BCUT2D eigenvalue weighted by molar-refractivity contribution is 0.680. The van der Waals surface area contributed by atoms with E-state index in [1.54, 1.807) is 0 Å². The second kappa shape index (κ2) is 3.81. The van der Waals surface area contributed by atoms with Gasteiger partial charge in [-0.05, 0) is 13.8 Å². The Morgan fingerprint density at radius 3 is 2.88 bits per heavy atom. The standard InChI is InChI=1S/C11H12N4O/c1-8-6-10-14(5-3-4-12)9(2)7-11(16)15(10)13-8/h6-7H,3,5H2,1-2H3. The van der Waals surface area contributed by atoms with Gasteiger partial charge in [0, 0.05) is 24.4 Å². The highest BCUT2D eigenvalue weighted by molar-refractivity contribution is 5.41. The average molecular weight is 216 g/mol. The Hall–Kier alpha value is -2.09. The number of rotatable bonds is 2. The number of aryl methyl sites for hydroxylation is 3. The van der Waals surface area contributed by atoms with Gasteiger partial charge in [-0.15, -0.1) is 0 Å². The van der Waals surface area contributed by atoms with Crippen LogP contribution in [0, 0.1) is 25.2 Å². The average Bonchev–Trinajstić information content (AvgIpc) is 2.60. The molecule has 5 heteroatoms. The molecule has 2 aromatic rings. The Labute approximate surface area is 92.5 Å². The van der Waals surface area contributed by atoms with E-state index in [9.17, 15) is 4.79 Å². The van der Waals surface area contributed by atoms with Gasteiger partial charge in [0.05, 0.1) is 18.2 Å². The summed E-state index contributed by atoms with van der Waals surface area (Å²) in [7, 11) is 0. The molecule has 5 nitrogen and oxygen atoms in total. The monoisotopic (exact) mass is 216 g/mol. The fourth-order valence-corrected chi connectivity index (χ4v) is 1.79. The molecule has 82 valence electrons. The maximum atomic E-state index is 11.7. The largest absolute Gasteiger partial charge is 0.329 e. The first-order valence-electron chi connectivity index (χ1n) is 5.07. The van der Waals surface area contributed by atoms with Crippen LogP contribution in [0.5, 0.6) is 0 Å². The minimum Gasteiger partial charge on any atom is -0.329 e. The van der Waals surface area contributed by atoms with Gasteiger partial charge in [0.1, 0.15) is 5.65 Å². The van der Waals surface area contributed by atoms with Crippen LogP contribution in [0.15, 0.2) is 16.9 Å². The topological polar surface area (TPSA) is 63.1 Å². The molecule has 0 spiro atoms. The summed E-state index contributed by atoms with van der Waals surface area (Å²) in [6, 6.07) is 5.49. The summed E-state index contributed by atoms with van der Waals surface area (Å²) < 4.78 is 3.31. The molecule has 0 aromatic carbocycles. The van der Waals surface area contributed by atoms with Gasteiger partial charge in [-0.3, -0.25) is 4.79 Å². The first-order valence-corrected chi connectivity index (χ1v) is 5.07. The molecule has 0 aliphatic rings. The molecule has 0 fully saturated rings. The number of fused-ring (bicyclic) bond motifs is 1. The molecule has 0 amide bonds. The number of nitriles is 1. The van der Waals surface area contributed by atoms with Crippen molar-refractivity contribution in [3.05, 3.63) is 33.9 Å². The molecule has 0 atom stereocenters. The van der Waals surface area contributed by atoms with Crippen LogP contribution < -0.4 is 5.56 Å². The fraction of sp³-hybridized carbons (Fsp3) is 0.364. The lowest BCUT2D eigenvalue weighted by atomic mass is 10.3. The molecular formula is C11H12N4O. The van der Waals surface area contributed by atoms with Crippen LogP contribution in [0.3, 0.4) is 0 Å². The van der Waals surface area contributed by atoms with Gasteiger partial charge < -0.3 is 4.57 Å². The number of aromatic nitrogens is 3. The zero-order chi connectivity index (χ0) is 11.7. The van der Waals surface area contributed by atoms with Crippen LogP contribution in [0.2, 0.25) is 0 Å². The van der Waals surface area contributed by atoms with Crippen LogP contribution in [0.25, 0.3) is 5.65 Å². The quantitative estimate of drug-likeness (QED) is 0.753. The Morgan fingerprint density at radius 2 is 2.19 bits per heavy atom. The fourth-order valence-electron chi connectivity index (χ4n) is 1.79. The van der Waals surface area contributed by atoms with Crippen molar-refractivity contribution in [3.8, 4) is 6.07 Å². The highest BCUT2D eigenvalue weighted by Gasteiger charge is 2.07. The third kappa shape index (κ3) is 1.58. The van der Waals surface area contributed by atoms with Gasteiger partial charge in [-0.25, -0.2) is 0 Å². The van der Waals surface area contributed by atoms with Crippen molar-refractivity contribution in [1.29, 1.82) is 5.26 Å². The molecule has 2 rings (SSSR count). The lowest BCUT2D eigenvalue weighted by Gasteiger charge is -2.09. The third-order valence-electron chi connectivity index (χ3n) is 2.50. The molecule has 0 unspecified atom stereocenters. The molecule has 0 bridgehead atoms. The van der Waals surface area contributed by atoms with Gasteiger partial charge in [0.2, 0.25) is 0 Å². The number of nitrogens with zero attached hydrogens (tertiary/aromatic N) is 4. The van der Waals surface area contributed by atoms with Crippen molar-refractivity contribution in [1.82, 2.24) is 14.2 Å². The van der Waals surface area contributed by atoms with Crippen LogP contribution >= 0.6 is 0 Å². The van der Waals surface area contributed by atoms with Crippen molar-refractivity contribution >= 4 is 5.65 Å². The van der Waals surface area contributed by atoms with E-state index in [0.29, 0.717) is 13.0 Å². The molecule has 0 radical (unpaired) electrons. The predicted molar refractivity (Wildman–Crippen MR) is 59.2 cm³/mol. The zero-order valence-electron chi connectivity index (χ0n) is 9.27. The van der Waals surface area contributed by atoms with Crippen LogP contribution in [0.1, 0.15) is 17.8 Å². The summed E-state index contributed by atoms with van der Waals surface area (Å²) in [5, 5.41) is 12.7. The summed E-state index contributed by atoms with van der Waals surface area (Å²) in [5.74, 6) is 0. The summed E-state index contributed by atoms with van der Waals surface area (Å²) in [4.78, 5) is 11.7. The Balaban J connectivity index is 2.71. The second-order valence-electron chi connectivity index (χ2n) is 3.74. The van der Waals surface area contributed by atoms with Crippen molar-refractivity contribution in [3.63, 3.8) is 0 Å². The first kappa shape index (κ1) is 10.4. The van der Waals surface area contributed by atoms with E-state index in [0.717, 1.165) is 17.0 Å². The third-order valence-corrected chi connectivity index (χ3v) is 2.50. The molecule has 0 saturated carbocycles. The number of hydrogen-bond acceptors (Lipinski definition) is 3. The van der Waals surface area contributed by atoms with E-state index < -0.39 is 0 Å². The van der Waals surface area contributed by atoms with Crippen molar-refractivity contribution in [2.24, 2.45) is 0 Å². The maximum absolute atomic E-state index is 11.7. The normalized spacial score (nSPS) is 10.6. The zero-order valence-corrected chi connectivity index (χ0v) is 9.27. The Kier molecular flexibility index (Phi) is 2.49. The second-order valence-corrected chi connectivity index (χ2v) is 3.74. The Bertz CT molecular complexity index is 630. The minimum atomic E-state index is -0.131. The highest BCUT2D eigenvalue weighted by atomic mass is 16.1. The van der Waals surface area contributed by atoms with E-state index in [2.05, 4.69) is 11.2 Å². The van der Waals surface area contributed by atoms with Gasteiger partial charge in [0.25, 0.3) is 5.56 Å². The molecular weight excluding hydrogens is 204 g/mol. The van der Waals surface area contributed by atoms with Crippen LogP contribution in [-0.4, -0.2) is 14.2 Å². The van der Waals surface area contributed by atoms with Crippen molar-refractivity contribution in [2.75, 3.05) is 0 Å². The van der Waals surface area contributed by atoms with Crippen LogP contribution in [-0.2, 0) is 6.54 Å². The summed E-state index contributed by atoms with van der Waals surface area (Å²) in [5.41, 5.74) is 2.27. The molecule has 16 heavy (non-hydrogen) atoms. The SMILES string of the molecule is Cc1cc2n(CCC#N)c(C)cc(=O)n2n1. The number of hydrogen-bond donors (Lipinski definition) is 0. The highest BCUT2D eigenvalue weighted by Crippen LogP contribution is 2.07. The van der Waals surface area contributed by atoms with Gasteiger partial charge in [-0.1, -0.05) is 0 Å². The molecule has 0 aliphatic carbocycles. The van der Waals surface area contributed by atoms with Crippen LogP contribution in [0.4, 0.5) is 0 Å². The van der Waals surface area contributed by atoms with E-state index in [1.807, 2.05) is 24.5 Å². The van der Waals surface area contributed by atoms with Gasteiger partial charge in [-0.2, -0.15) is 14.9 Å². The minimum absolute atomic E-state index is 0.131. The van der Waals surface area contributed by atoms with E-state index in [1.165, 1.54) is 10.6 Å². The predicted octanol–water partition coefficient (Wildman–Crippen LogP) is 1.03. The van der Waals surface area contributed by atoms with E-state index in [4.69, 9.17) is 5.26 Å². The van der Waals surface area contributed by atoms with E-state index >= 15 is 0 Å². The van der Waals surface area contributed by atoms with E-state index in [-0.39, 0.29) is 5.56 Å². The molecule has 2 aromatic heterocycles. The first-order chi connectivity index (χ1) is 7.63. The lowest BCUT2D eigenvalue weighted by Crippen LogP contribution is -2.19. The summed E-state index contributed by atoms with van der Waals surface area (Å²) >= 11 is 0. The molecule has 0 N–H and O–H groups in total. The summed E-state index contributed by atoms with van der Waals surface area (Å²) in [6.07, 6.45) is 0.420. The molecule has 0 saturated heterocycles. The smallest absolute Gasteiger partial charge is 0.274 e. The molecule has 0 aliphatic heterocycles. The maximum Gasteiger partial charge on any atom is 0.274 e. The summed E-state index contributed by atoms with van der Waals surface area (Å²) in [6.45, 7) is 4.29. The van der Waals surface area contributed by atoms with Gasteiger partial charge in [0.15, 0.2) is 0 Å².